The largest absolute Gasteiger partial charge is 0.496 e. The number of hydrogen-bond acceptors (Lipinski definition) is 6. The van der Waals surface area contributed by atoms with E-state index in [0.717, 1.165) is 5.56 Å². The first-order valence-corrected chi connectivity index (χ1v) is 9.42. The molecule has 0 aliphatic rings. The number of carbonyl (C=O) groups is 1. The van der Waals surface area contributed by atoms with Gasteiger partial charge in [0.2, 0.25) is 5.89 Å². The minimum Gasteiger partial charge on any atom is -0.496 e. The number of methoxy groups -OCH3 is 2. The smallest absolute Gasteiger partial charge is 0.226 e. The highest BCUT2D eigenvalue weighted by Gasteiger charge is 2.24. The van der Waals surface area contributed by atoms with Crippen LogP contribution in [0, 0.1) is 0 Å². The molecular weight excluding hydrogens is 370 g/mol. The molecule has 0 saturated carbocycles. The molecule has 0 aliphatic carbocycles. The molecule has 6 heteroatoms. The van der Waals surface area contributed by atoms with Gasteiger partial charge in [-0.25, -0.2) is 4.98 Å². The number of ketones is 1. The molecule has 0 amide bonds. The van der Waals surface area contributed by atoms with Crippen LogP contribution in [0.3, 0.4) is 0 Å². The summed E-state index contributed by atoms with van der Waals surface area (Å²) >= 11 is 0. The summed E-state index contributed by atoms with van der Waals surface area (Å²) < 4.78 is 22.1. The normalized spacial score (nSPS) is 11.9. The quantitative estimate of drug-likeness (QED) is 0.492. The maximum absolute atomic E-state index is 12.9. The van der Waals surface area contributed by atoms with Crippen molar-refractivity contribution in [2.45, 2.75) is 32.8 Å². The number of nitrogens with zero attached hydrogens (tertiary/aromatic N) is 1. The van der Waals surface area contributed by atoms with Crippen molar-refractivity contribution in [3.05, 3.63) is 60.0 Å². The Morgan fingerprint density at radius 2 is 1.69 bits per heavy atom. The molecule has 29 heavy (non-hydrogen) atoms. The van der Waals surface area contributed by atoms with Crippen LogP contribution in [0.25, 0.3) is 11.5 Å². The molecule has 1 unspecified atom stereocenters. The topological polar surface area (TPSA) is 70.8 Å². The fourth-order valence-electron chi connectivity index (χ4n) is 2.99. The van der Waals surface area contributed by atoms with Gasteiger partial charge in [-0.2, -0.15) is 0 Å². The van der Waals surface area contributed by atoms with E-state index in [0.29, 0.717) is 34.4 Å². The fourth-order valence-corrected chi connectivity index (χ4v) is 2.99. The summed E-state index contributed by atoms with van der Waals surface area (Å²) in [6.07, 6.45) is 1.51. The lowest BCUT2D eigenvalue weighted by Gasteiger charge is -2.14. The Bertz CT molecular complexity index is 992. The molecule has 2 aromatic carbocycles. The van der Waals surface area contributed by atoms with Crippen molar-refractivity contribution < 1.29 is 23.4 Å². The zero-order chi connectivity index (χ0) is 21.0. The summed E-state index contributed by atoms with van der Waals surface area (Å²) in [6.45, 7) is 5.69. The number of rotatable bonds is 8. The minimum absolute atomic E-state index is 0.00207. The lowest BCUT2D eigenvalue weighted by atomic mass is 9.96. The minimum atomic E-state index is -0.478. The van der Waals surface area contributed by atoms with Gasteiger partial charge in [-0.1, -0.05) is 12.1 Å². The monoisotopic (exact) mass is 395 g/mol. The molecule has 0 bridgehead atoms. The van der Waals surface area contributed by atoms with Crippen LogP contribution >= 0.6 is 0 Å². The Morgan fingerprint density at radius 1 is 0.966 bits per heavy atom. The Morgan fingerprint density at radius 3 is 2.38 bits per heavy atom. The van der Waals surface area contributed by atoms with Gasteiger partial charge in [0.15, 0.2) is 17.3 Å². The summed E-state index contributed by atoms with van der Waals surface area (Å²) in [4.78, 5) is 17.5. The van der Waals surface area contributed by atoms with E-state index in [-0.39, 0.29) is 11.9 Å². The van der Waals surface area contributed by atoms with Gasteiger partial charge in [0.25, 0.3) is 0 Å². The first-order valence-electron chi connectivity index (χ1n) is 9.42. The third-order valence-electron chi connectivity index (χ3n) is 4.50. The Kier molecular flexibility index (Phi) is 6.22. The lowest BCUT2D eigenvalue weighted by molar-refractivity contribution is 0.0961. The number of hydrogen-bond donors (Lipinski definition) is 0. The van der Waals surface area contributed by atoms with Crippen LogP contribution in [0.15, 0.2) is 53.1 Å². The number of ether oxygens (including phenoxy) is 3. The summed E-state index contributed by atoms with van der Waals surface area (Å²) in [5, 5.41) is 0. The van der Waals surface area contributed by atoms with E-state index in [1.54, 1.807) is 39.3 Å². The van der Waals surface area contributed by atoms with Crippen LogP contribution in [0.2, 0.25) is 0 Å². The van der Waals surface area contributed by atoms with E-state index in [4.69, 9.17) is 18.6 Å². The highest BCUT2D eigenvalue weighted by atomic mass is 16.5. The van der Waals surface area contributed by atoms with Gasteiger partial charge in [0.05, 0.1) is 37.5 Å². The average molecular weight is 395 g/mol. The first-order chi connectivity index (χ1) is 13.9. The molecule has 0 N–H and O–H groups in total. The van der Waals surface area contributed by atoms with E-state index in [1.807, 2.05) is 38.1 Å². The van der Waals surface area contributed by atoms with Crippen molar-refractivity contribution in [3.63, 3.8) is 0 Å². The number of carbonyl (C=O) groups excluding carboxylic acids is 1. The van der Waals surface area contributed by atoms with Gasteiger partial charge >= 0.3 is 0 Å². The fraction of sp³-hybridized carbons (Fsp3) is 0.304. The van der Waals surface area contributed by atoms with Crippen LogP contribution in [0.5, 0.6) is 17.2 Å². The maximum atomic E-state index is 12.9. The number of Topliss-reactive ketones (excluding diaryl/α,β-unsaturated/α-hetero) is 1. The van der Waals surface area contributed by atoms with Crippen LogP contribution < -0.4 is 14.2 Å². The Hall–Kier alpha value is -3.28. The van der Waals surface area contributed by atoms with E-state index in [2.05, 4.69) is 4.98 Å². The summed E-state index contributed by atoms with van der Waals surface area (Å²) in [5.41, 5.74) is 1.81. The van der Waals surface area contributed by atoms with Crippen LogP contribution in [-0.2, 0) is 0 Å². The molecule has 3 rings (SSSR count). The zero-order valence-electron chi connectivity index (χ0n) is 17.3. The van der Waals surface area contributed by atoms with Crippen molar-refractivity contribution in [2.75, 3.05) is 14.2 Å². The molecule has 6 nitrogen and oxygen atoms in total. The number of aromatic nitrogens is 1. The molecule has 1 heterocycles. The molecule has 3 aromatic rings. The zero-order valence-corrected chi connectivity index (χ0v) is 17.3. The van der Waals surface area contributed by atoms with Crippen molar-refractivity contribution in [1.29, 1.82) is 0 Å². The van der Waals surface area contributed by atoms with Crippen LogP contribution in [0.4, 0.5) is 0 Å². The summed E-state index contributed by atoms with van der Waals surface area (Å²) in [5.74, 6) is 1.63. The molecule has 0 fully saturated rings. The standard InChI is InChI=1S/C23H25NO5/c1-14(2)29-21-12-16(10-11-20(21)27-5)23-24-18(13-28-23)15(3)22(25)17-8-6-7-9-19(17)26-4/h6-15H,1-5H3. The molecule has 0 spiro atoms. The molecular formula is C23H25NO5. The Labute approximate surface area is 170 Å². The van der Waals surface area contributed by atoms with Crippen molar-refractivity contribution in [1.82, 2.24) is 4.98 Å². The summed E-state index contributed by atoms with van der Waals surface area (Å²) in [7, 11) is 3.14. The second kappa shape index (κ2) is 8.82. The molecule has 0 radical (unpaired) electrons. The molecule has 1 aromatic heterocycles. The van der Waals surface area contributed by atoms with E-state index < -0.39 is 5.92 Å². The predicted octanol–water partition coefficient (Wildman–Crippen LogP) is 5.13. The van der Waals surface area contributed by atoms with Gasteiger partial charge in [0.1, 0.15) is 12.0 Å². The lowest BCUT2D eigenvalue weighted by Crippen LogP contribution is -2.11. The third kappa shape index (κ3) is 4.42. The van der Waals surface area contributed by atoms with E-state index in [9.17, 15) is 4.79 Å². The van der Waals surface area contributed by atoms with Crippen LogP contribution in [-0.4, -0.2) is 31.1 Å². The van der Waals surface area contributed by atoms with Crippen molar-refractivity contribution in [3.8, 4) is 28.7 Å². The van der Waals surface area contributed by atoms with E-state index in [1.165, 1.54) is 6.26 Å². The molecule has 152 valence electrons. The van der Waals surface area contributed by atoms with Gasteiger partial charge in [0, 0.05) is 5.56 Å². The number of oxazole rings is 1. The number of para-hydroxylation sites is 1. The average Bonchev–Trinajstić information content (AvgIpc) is 3.22. The van der Waals surface area contributed by atoms with Crippen molar-refractivity contribution in [2.24, 2.45) is 0 Å². The second-order valence-corrected chi connectivity index (χ2v) is 6.90. The summed E-state index contributed by atoms with van der Waals surface area (Å²) in [6, 6.07) is 12.6. The highest BCUT2D eigenvalue weighted by molar-refractivity contribution is 6.02. The van der Waals surface area contributed by atoms with Gasteiger partial charge in [-0.05, 0) is 51.1 Å². The molecule has 0 aliphatic heterocycles. The highest BCUT2D eigenvalue weighted by Crippen LogP contribution is 2.34. The van der Waals surface area contributed by atoms with Gasteiger partial charge < -0.3 is 18.6 Å². The van der Waals surface area contributed by atoms with Gasteiger partial charge in [-0.15, -0.1) is 0 Å². The van der Waals surface area contributed by atoms with Gasteiger partial charge in [-0.3, -0.25) is 4.79 Å². The van der Waals surface area contributed by atoms with Crippen LogP contribution in [0.1, 0.15) is 42.7 Å². The maximum Gasteiger partial charge on any atom is 0.226 e. The second-order valence-electron chi connectivity index (χ2n) is 6.90. The SMILES string of the molecule is COc1ccc(-c2nc(C(C)C(=O)c3ccccc3OC)co2)cc1OC(C)C. The first kappa shape index (κ1) is 20.5. The number of benzene rings is 2. The Balaban J connectivity index is 1.88. The molecule has 1 atom stereocenters. The molecule has 0 saturated heterocycles. The third-order valence-corrected chi connectivity index (χ3v) is 4.50. The van der Waals surface area contributed by atoms with E-state index >= 15 is 0 Å². The predicted molar refractivity (Wildman–Crippen MR) is 110 cm³/mol. The van der Waals surface area contributed by atoms with Crippen molar-refractivity contribution >= 4 is 5.78 Å².